The second kappa shape index (κ2) is 6.61. The van der Waals surface area contributed by atoms with Gasteiger partial charge in [0.1, 0.15) is 0 Å². The molecule has 2 aliphatic heterocycles. The maximum Gasteiger partial charge on any atom is 0.317 e. The summed E-state index contributed by atoms with van der Waals surface area (Å²) in [6.45, 7) is 4.80. The van der Waals surface area contributed by atoms with Gasteiger partial charge in [-0.25, -0.2) is 4.79 Å². The van der Waals surface area contributed by atoms with Crippen LogP contribution in [0.3, 0.4) is 0 Å². The van der Waals surface area contributed by atoms with Crippen LogP contribution in [0.1, 0.15) is 44.6 Å². The Morgan fingerprint density at radius 2 is 1.92 bits per heavy atom. The van der Waals surface area contributed by atoms with Crippen LogP contribution >= 0.6 is 0 Å². The van der Waals surface area contributed by atoms with Gasteiger partial charge in [0, 0.05) is 37.9 Å². The van der Waals surface area contributed by atoms with Crippen molar-refractivity contribution in [2.75, 3.05) is 26.2 Å². The molecule has 2 saturated heterocycles. The van der Waals surface area contributed by atoms with Crippen molar-refractivity contribution in [3.63, 3.8) is 0 Å². The van der Waals surface area contributed by atoms with Crippen LogP contribution in [0.15, 0.2) is 30.3 Å². The fraction of sp³-hybridized carbons (Fsp3) is 0.650. The van der Waals surface area contributed by atoms with Crippen molar-refractivity contribution in [3.05, 3.63) is 35.9 Å². The lowest BCUT2D eigenvalue weighted by atomic mass is 9.64. The Morgan fingerprint density at radius 1 is 1.20 bits per heavy atom. The van der Waals surface area contributed by atoms with E-state index in [2.05, 4.69) is 29.6 Å². The SMILES string of the molecule is CC1COC2(CCN(C(=O)NCC3(c4ccccc4)CCC3)CC2)O1. The quantitative estimate of drug-likeness (QED) is 0.917. The van der Waals surface area contributed by atoms with Gasteiger partial charge in [-0.3, -0.25) is 0 Å². The molecule has 0 aromatic heterocycles. The highest BCUT2D eigenvalue weighted by Gasteiger charge is 2.44. The number of carbonyl (C=O) groups is 1. The molecule has 2 heterocycles. The zero-order chi connectivity index (χ0) is 17.3. The van der Waals surface area contributed by atoms with E-state index in [0.717, 1.165) is 32.2 Å². The number of hydrogen-bond donors (Lipinski definition) is 1. The van der Waals surface area contributed by atoms with E-state index in [1.807, 2.05) is 17.9 Å². The average molecular weight is 344 g/mol. The average Bonchev–Trinajstić information content (AvgIpc) is 2.96. The molecule has 5 nitrogen and oxygen atoms in total. The molecule has 4 rings (SSSR count). The molecule has 2 amide bonds. The van der Waals surface area contributed by atoms with Crippen LogP contribution in [-0.4, -0.2) is 49.1 Å². The van der Waals surface area contributed by atoms with Crippen molar-refractivity contribution >= 4 is 6.03 Å². The summed E-state index contributed by atoms with van der Waals surface area (Å²) in [4.78, 5) is 14.5. The van der Waals surface area contributed by atoms with Crippen LogP contribution in [0.4, 0.5) is 4.79 Å². The third-order valence-corrected chi connectivity index (χ3v) is 6.08. The minimum Gasteiger partial charge on any atom is -0.347 e. The van der Waals surface area contributed by atoms with Crippen LogP contribution in [0.2, 0.25) is 0 Å². The number of nitrogens with one attached hydrogen (secondary N) is 1. The molecule has 136 valence electrons. The first-order valence-corrected chi connectivity index (χ1v) is 9.51. The number of benzene rings is 1. The lowest BCUT2D eigenvalue weighted by Gasteiger charge is -2.43. The minimum atomic E-state index is -0.449. The Balaban J connectivity index is 1.31. The Bertz CT molecular complexity index is 607. The number of ether oxygens (including phenoxy) is 2. The lowest BCUT2D eigenvalue weighted by Crippen LogP contribution is -2.53. The van der Waals surface area contributed by atoms with Crippen LogP contribution in [-0.2, 0) is 14.9 Å². The number of amides is 2. The molecule has 1 N–H and O–H groups in total. The van der Waals surface area contributed by atoms with Crippen LogP contribution in [0, 0.1) is 0 Å². The van der Waals surface area contributed by atoms with E-state index >= 15 is 0 Å². The number of hydrogen-bond acceptors (Lipinski definition) is 3. The number of nitrogens with zero attached hydrogens (tertiary/aromatic N) is 1. The molecular formula is C20H28N2O3. The Morgan fingerprint density at radius 3 is 2.48 bits per heavy atom. The fourth-order valence-electron chi connectivity index (χ4n) is 4.34. The molecule has 3 fully saturated rings. The van der Waals surface area contributed by atoms with E-state index in [1.54, 1.807) is 0 Å². The van der Waals surface area contributed by atoms with Gasteiger partial charge in [-0.15, -0.1) is 0 Å². The van der Waals surface area contributed by atoms with E-state index in [1.165, 1.54) is 12.0 Å². The summed E-state index contributed by atoms with van der Waals surface area (Å²) < 4.78 is 11.8. The molecule has 1 saturated carbocycles. The maximum absolute atomic E-state index is 12.6. The Labute approximate surface area is 149 Å². The smallest absolute Gasteiger partial charge is 0.317 e. The highest BCUT2D eigenvalue weighted by Crippen LogP contribution is 2.43. The first-order valence-electron chi connectivity index (χ1n) is 9.51. The second-order valence-electron chi connectivity index (χ2n) is 7.80. The fourth-order valence-corrected chi connectivity index (χ4v) is 4.34. The van der Waals surface area contributed by atoms with Crippen molar-refractivity contribution in [3.8, 4) is 0 Å². The van der Waals surface area contributed by atoms with Gasteiger partial charge in [0.15, 0.2) is 5.79 Å². The predicted molar refractivity (Wildman–Crippen MR) is 95.4 cm³/mol. The summed E-state index contributed by atoms with van der Waals surface area (Å²) >= 11 is 0. The first-order chi connectivity index (χ1) is 12.1. The van der Waals surface area contributed by atoms with Crippen molar-refractivity contribution in [2.45, 2.75) is 56.3 Å². The van der Waals surface area contributed by atoms with Gasteiger partial charge < -0.3 is 19.7 Å². The van der Waals surface area contributed by atoms with E-state index in [0.29, 0.717) is 19.7 Å². The monoisotopic (exact) mass is 344 g/mol. The normalized spacial score (nSPS) is 27.1. The van der Waals surface area contributed by atoms with Gasteiger partial charge in [0.05, 0.1) is 12.7 Å². The number of carbonyl (C=O) groups excluding carboxylic acids is 1. The molecule has 1 atom stereocenters. The maximum atomic E-state index is 12.6. The molecular weight excluding hydrogens is 316 g/mol. The molecule has 1 aliphatic carbocycles. The molecule has 25 heavy (non-hydrogen) atoms. The standard InChI is InChI=1S/C20H28N2O3/c1-16-14-24-20(25-16)10-12-22(13-11-20)18(23)21-15-19(8-5-9-19)17-6-3-2-4-7-17/h2-4,6-7,16H,5,8-15H2,1H3,(H,21,23). The molecule has 1 aromatic carbocycles. The van der Waals surface area contributed by atoms with Gasteiger partial charge in [0.25, 0.3) is 0 Å². The summed E-state index contributed by atoms with van der Waals surface area (Å²) in [5.41, 5.74) is 1.47. The number of rotatable bonds is 3. The van der Waals surface area contributed by atoms with E-state index in [9.17, 15) is 4.79 Å². The van der Waals surface area contributed by atoms with E-state index < -0.39 is 5.79 Å². The number of piperidine rings is 1. The summed E-state index contributed by atoms with van der Waals surface area (Å²) in [6.07, 6.45) is 5.22. The number of likely N-dealkylation sites (tertiary alicyclic amines) is 1. The van der Waals surface area contributed by atoms with Crippen molar-refractivity contribution < 1.29 is 14.3 Å². The molecule has 0 radical (unpaired) electrons. The number of urea groups is 1. The molecule has 1 unspecified atom stereocenters. The topological polar surface area (TPSA) is 50.8 Å². The molecule has 1 aromatic rings. The second-order valence-corrected chi connectivity index (χ2v) is 7.80. The van der Waals surface area contributed by atoms with Crippen LogP contribution in [0.5, 0.6) is 0 Å². The van der Waals surface area contributed by atoms with Crippen molar-refractivity contribution in [1.29, 1.82) is 0 Å². The summed E-state index contributed by atoms with van der Waals surface area (Å²) in [7, 11) is 0. The van der Waals surface area contributed by atoms with Gasteiger partial charge in [0.2, 0.25) is 0 Å². The minimum absolute atomic E-state index is 0.0445. The van der Waals surface area contributed by atoms with Crippen molar-refractivity contribution in [2.24, 2.45) is 0 Å². The zero-order valence-electron chi connectivity index (χ0n) is 15.0. The molecule has 5 heteroatoms. The Hall–Kier alpha value is -1.59. The third-order valence-electron chi connectivity index (χ3n) is 6.08. The predicted octanol–water partition coefficient (Wildman–Crippen LogP) is 3.05. The van der Waals surface area contributed by atoms with Crippen LogP contribution in [0.25, 0.3) is 0 Å². The summed E-state index contributed by atoms with van der Waals surface area (Å²) in [5, 5.41) is 3.19. The Kier molecular flexibility index (Phi) is 4.46. The van der Waals surface area contributed by atoms with E-state index in [4.69, 9.17) is 9.47 Å². The van der Waals surface area contributed by atoms with E-state index in [-0.39, 0.29) is 17.6 Å². The highest BCUT2D eigenvalue weighted by molar-refractivity contribution is 5.74. The summed E-state index contributed by atoms with van der Waals surface area (Å²) in [5.74, 6) is -0.449. The van der Waals surface area contributed by atoms with Crippen molar-refractivity contribution in [1.82, 2.24) is 10.2 Å². The molecule has 3 aliphatic rings. The summed E-state index contributed by atoms with van der Waals surface area (Å²) in [6, 6.07) is 10.6. The van der Waals surface area contributed by atoms with Gasteiger partial charge >= 0.3 is 6.03 Å². The lowest BCUT2D eigenvalue weighted by molar-refractivity contribution is -0.189. The van der Waals surface area contributed by atoms with Crippen LogP contribution < -0.4 is 5.32 Å². The highest BCUT2D eigenvalue weighted by atomic mass is 16.7. The van der Waals surface area contributed by atoms with Gasteiger partial charge in [-0.2, -0.15) is 0 Å². The van der Waals surface area contributed by atoms with Gasteiger partial charge in [-0.05, 0) is 25.3 Å². The third kappa shape index (κ3) is 3.27. The zero-order valence-corrected chi connectivity index (χ0v) is 15.0. The largest absolute Gasteiger partial charge is 0.347 e. The molecule has 1 spiro atoms. The van der Waals surface area contributed by atoms with Gasteiger partial charge in [-0.1, -0.05) is 36.8 Å². The first kappa shape index (κ1) is 16.9. The molecule has 0 bridgehead atoms.